The van der Waals surface area contributed by atoms with E-state index in [4.69, 9.17) is 4.74 Å². The lowest BCUT2D eigenvalue weighted by Crippen LogP contribution is -2.21. The molecule has 0 bridgehead atoms. The molecular formula is C19H19N3O2. The van der Waals surface area contributed by atoms with Crippen LogP contribution >= 0.6 is 0 Å². The number of nitrogens with zero attached hydrogens (tertiary/aromatic N) is 2. The van der Waals surface area contributed by atoms with Crippen LogP contribution in [-0.4, -0.2) is 22.5 Å². The van der Waals surface area contributed by atoms with E-state index in [-0.39, 0.29) is 12.5 Å². The van der Waals surface area contributed by atoms with Gasteiger partial charge in [0.05, 0.1) is 10.9 Å². The van der Waals surface area contributed by atoms with E-state index in [0.29, 0.717) is 11.8 Å². The number of carbonyl (C=O) groups excluding carboxylic acids is 1. The number of hydrogen-bond acceptors (Lipinski definition) is 4. The molecule has 1 aromatic heterocycles. The second-order valence-electron chi connectivity index (χ2n) is 5.77. The summed E-state index contributed by atoms with van der Waals surface area (Å²) < 4.78 is 5.59. The largest absolute Gasteiger partial charge is 0.467 e. The summed E-state index contributed by atoms with van der Waals surface area (Å²) in [4.78, 5) is 20.5. The van der Waals surface area contributed by atoms with Gasteiger partial charge in [-0.1, -0.05) is 44.2 Å². The summed E-state index contributed by atoms with van der Waals surface area (Å²) in [7, 11) is 0. The van der Waals surface area contributed by atoms with Crippen molar-refractivity contribution in [2.75, 3.05) is 11.9 Å². The first-order valence-corrected chi connectivity index (χ1v) is 7.86. The zero-order valence-corrected chi connectivity index (χ0v) is 13.7. The molecule has 0 spiro atoms. The average Bonchev–Trinajstić information content (AvgIpc) is 2.60. The van der Waals surface area contributed by atoms with Crippen molar-refractivity contribution in [3.63, 3.8) is 0 Å². The summed E-state index contributed by atoms with van der Waals surface area (Å²) >= 11 is 0. The van der Waals surface area contributed by atoms with E-state index in [0.717, 1.165) is 22.2 Å². The van der Waals surface area contributed by atoms with Crippen molar-refractivity contribution >= 4 is 22.5 Å². The van der Waals surface area contributed by atoms with Gasteiger partial charge in [-0.3, -0.25) is 4.79 Å². The van der Waals surface area contributed by atoms with Crippen molar-refractivity contribution in [1.29, 1.82) is 0 Å². The molecule has 0 saturated heterocycles. The van der Waals surface area contributed by atoms with Crippen LogP contribution in [0.25, 0.3) is 10.9 Å². The van der Waals surface area contributed by atoms with Crippen LogP contribution in [0.15, 0.2) is 54.9 Å². The number of benzene rings is 2. The Morgan fingerprint density at radius 1 is 1.08 bits per heavy atom. The standard InChI is InChI=1S/C19H19N3O2/c1-13(2)14-7-3-6-10-17(14)22-18(23)11-24-19-15-8-4-5-9-16(15)20-12-21-19/h3-10,12-13H,11H2,1-2H3,(H,22,23). The van der Waals surface area contributed by atoms with Gasteiger partial charge in [-0.2, -0.15) is 0 Å². The number of nitrogens with one attached hydrogen (secondary N) is 1. The third-order valence-electron chi connectivity index (χ3n) is 3.70. The summed E-state index contributed by atoms with van der Waals surface area (Å²) in [6.45, 7) is 4.08. The van der Waals surface area contributed by atoms with Gasteiger partial charge in [-0.25, -0.2) is 9.97 Å². The Labute approximate surface area is 140 Å². The highest BCUT2D eigenvalue weighted by Gasteiger charge is 2.11. The zero-order chi connectivity index (χ0) is 16.9. The molecular weight excluding hydrogens is 302 g/mol. The van der Waals surface area contributed by atoms with E-state index in [9.17, 15) is 4.79 Å². The molecule has 24 heavy (non-hydrogen) atoms. The van der Waals surface area contributed by atoms with Gasteiger partial charge in [0.2, 0.25) is 5.88 Å². The van der Waals surface area contributed by atoms with Crippen LogP contribution in [0.2, 0.25) is 0 Å². The zero-order valence-electron chi connectivity index (χ0n) is 13.7. The molecule has 0 aliphatic rings. The smallest absolute Gasteiger partial charge is 0.262 e. The van der Waals surface area contributed by atoms with Crippen LogP contribution in [0.3, 0.4) is 0 Å². The number of carbonyl (C=O) groups is 1. The number of ether oxygens (including phenoxy) is 1. The number of rotatable bonds is 5. The minimum atomic E-state index is -0.217. The third kappa shape index (κ3) is 3.51. The normalized spacial score (nSPS) is 10.8. The maximum Gasteiger partial charge on any atom is 0.262 e. The molecule has 0 radical (unpaired) electrons. The SMILES string of the molecule is CC(C)c1ccccc1NC(=O)COc1ncnc2ccccc12. The quantitative estimate of drug-likeness (QED) is 0.777. The summed E-state index contributed by atoms with van der Waals surface area (Å²) in [5.74, 6) is 0.520. The molecule has 122 valence electrons. The summed E-state index contributed by atoms with van der Waals surface area (Å²) in [5, 5.41) is 3.69. The van der Waals surface area contributed by atoms with Gasteiger partial charge in [0.15, 0.2) is 6.61 Å². The molecule has 2 aromatic carbocycles. The average molecular weight is 321 g/mol. The van der Waals surface area contributed by atoms with E-state index in [1.165, 1.54) is 6.33 Å². The molecule has 0 unspecified atom stereocenters. The minimum Gasteiger partial charge on any atom is -0.467 e. The van der Waals surface area contributed by atoms with Crippen LogP contribution in [0, 0.1) is 0 Å². The molecule has 1 N–H and O–H groups in total. The Morgan fingerprint density at radius 2 is 1.83 bits per heavy atom. The molecule has 3 aromatic rings. The maximum atomic E-state index is 12.2. The number of aromatic nitrogens is 2. The van der Waals surface area contributed by atoms with Gasteiger partial charge in [0.25, 0.3) is 5.91 Å². The van der Waals surface area contributed by atoms with Gasteiger partial charge in [0.1, 0.15) is 6.33 Å². The van der Waals surface area contributed by atoms with Crippen molar-refractivity contribution in [3.8, 4) is 5.88 Å². The number of hydrogen-bond donors (Lipinski definition) is 1. The monoisotopic (exact) mass is 321 g/mol. The number of amides is 1. The Bertz CT molecular complexity index is 857. The van der Waals surface area contributed by atoms with Gasteiger partial charge < -0.3 is 10.1 Å². The first kappa shape index (κ1) is 15.9. The summed E-state index contributed by atoms with van der Waals surface area (Å²) in [5.41, 5.74) is 2.69. The lowest BCUT2D eigenvalue weighted by molar-refractivity contribution is -0.118. The predicted molar refractivity (Wildman–Crippen MR) is 94.2 cm³/mol. The Kier molecular flexibility index (Phi) is 4.70. The lowest BCUT2D eigenvalue weighted by atomic mass is 10.0. The Morgan fingerprint density at radius 3 is 2.67 bits per heavy atom. The second-order valence-corrected chi connectivity index (χ2v) is 5.77. The van der Waals surface area contributed by atoms with Crippen LogP contribution in [-0.2, 0) is 4.79 Å². The van der Waals surface area contributed by atoms with Crippen LogP contribution in [0.4, 0.5) is 5.69 Å². The van der Waals surface area contributed by atoms with E-state index in [1.54, 1.807) is 0 Å². The highest BCUT2D eigenvalue weighted by molar-refractivity contribution is 5.93. The third-order valence-corrected chi connectivity index (χ3v) is 3.70. The predicted octanol–water partition coefficient (Wildman–Crippen LogP) is 3.77. The molecule has 1 amide bonds. The lowest BCUT2D eigenvalue weighted by Gasteiger charge is -2.14. The fourth-order valence-corrected chi connectivity index (χ4v) is 2.53. The van der Waals surface area contributed by atoms with Crippen LogP contribution in [0.5, 0.6) is 5.88 Å². The fraction of sp³-hybridized carbons (Fsp3) is 0.211. The Balaban J connectivity index is 1.70. The molecule has 0 aliphatic heterocycles. The summed E-state index contributed by atoms with van der Waals surface area (Å²) in [6, 6.07) is 15.3. The number of fused-ring (bicyclic) bond motifs is 1. The maximum absolute atomic E-state index is 12.2. The van der Waals surface area contributed by atoms with E-state index in [2.05, 4.69) is 29.1 Å². The molecule has 0 fully saturated rings. The van der Waals surface area contributed by atoms with Crippen LogP contribution < -0.4 is 10.1 Å². The van der Waals surface area contributed by atoms with Crippen LogP contribution in [0.1, 0.15) is 25.3 Å². The Hall–Kier alpha value is -2.95. The topological polar surface area (TPSA) is 64.1 Å². The van der Waals surface area contributed by atoms with Gasteiger partial charge in [-0.05, 0) is 29.7 Å². The first-order chi connectivity index (χ1) is 11.6. The molecule has 5 nitrogen and oxygen atoms in total. The molecule has 0 saturated carbocycles. The second kappa shape index (κ2) is 7.08. The highest BCUT2D eigenvalue weighted by Crippen LogP contribution is 2.24. The van der Waals surface area contributed by atoms with E-state index < -0.39 is 0 Å². The van der Waals surface area contributed by atoms with Gasteiger partial charge >= 0.3 is 0 Å². The van der Waals surface area contributed by atoms with Crippen molar-refractivity contribution < 1.29 is 9.53 Å². The molecule has 0 aliphatic carbocycles. The molecule has 0 atom stereocenters. The van der Waals surface area contributed by atoms with Crippen molar-refractivity contribution in [2.45, 2.75) is 19.8 Å². The van der Waals surface area contributed by atoms with E-state index in [1.807, 2.05) is 48.5 Å². The number of anilines is 1. The van der Waals surface area contributed by atoms with E-state index >= 15 is 0 Å². The minimum absolute atomic E-state index is 0.104. The van der Waals surface area contributed by atoms with Gasteiger partial charge in [-0.15, -0.1) is 0 Å². The molecule has 1 heterocycles. The van der Waals surface area contributed by atoms with Crippen molar-refractivity contribution in [1.82, 2.24) is 9.97 Å². The fourth-order valence-electron chi connectivity index (χ4n) is 2.53. The van der Waals surface area contributed by atoms with Gasteiger partial charge in [0, 0.05) is 5.69 Å². The van der Waals surface area contributed by atoms with Crippen molar-refractivity contribution in [3.05, 3.63) is 60.4 Å². The highest BCUT2D eigenvalue weighted by atomic mass is 16.5. The number of para-hydroxylation sites is 2. The summed E-state index contributed by atoms with van der Waals surface area (Å²) in [6.07, 6.45) is 1.43. The molecule has 5 heteroatoms. The van der Waals surface area contributed by atoms with Crippen molar-refractivity contribution in [2.24, 2.45) is 0 Å². The first-order valence-electron chi connectivity index (χ1n) is 7.86. The molecule has 3 rings (SSSR count).